The Hall–Kier alpha value is -3.39. The number of hydrazine groups is 1. The molecule has 2 aromatic carbocycles. The molecule has 8 heteroatoms. The van der Waals surface area contributed by atoms with Crippen LogP contribution in [-0.2, 0) is 9.59 Å². The van der Waals surface area contributed by atoms with E-state index in [0.717, 1.165) is 24.0 Å². The van der Waals surface area contributed by atoms with Gasteiger partial charge >= 0.3 is 0 Å². The Morgan fingerprint density at radius 3 is 2.62 bits per heavy atom. The Morgan fingerprint density at radius 2 is 1.91 bits per heavy atom. The lowest BCUT2D eigenvalue weighted by molar-refractivity contribution is -0.121. The summed E-state index contributed by atoms with van der Waals surface area (Å²) in [5.41, 5.74) is 7.91. The van der Waals surface area contributed by atoms with Gasteiger partial charge in [-0.1, -0.05) is 25.5 Å². The third kappa shape index (κ3) is 5.08. The van der Waals surface area contributed by atoms with Crippen LogP contribution in [0.3, 0.4) is 0 Å². The van der Waals surface area contributed by atoms with Crippen LogP contribution < -0.4 is 25.2 Å². The van der Waals surface area contributed by atoms with Gasteiger partial charge in [0.15, 0.2) is 11.5 Å². The zero-order chi connectivity index (χ0) is 23.3. The molecule has 32 heavy (non-hydrogen) atoms. The fourth-order valence-corrected chi connectivity index (χ4v) is 3.44. The second kappa shape index (κ2) is 10.3. The van der Waals surface area contributed by atoms with Gasteiger partial charge in [0.1, 0.15) is 6.04 Å². The minimum atomic E-state index is -0.843. The van der Waals surface area contributed by atoms with Gasteiger partial charge in [-0.05, 0) is 55.7 Å². The predicted molar refractivity (Wildman–Crippen MR) is 121 cm³/mol. The molecule has 8 nitrogen and oxygen atoms in total. The smallest absolute Gasteiger partial charge is 0.265 e. The highest BCUT2D eigenvalue weighted by Gasteiger charge is 2.40. The van der Waals surface area contributed by atoms with Crippen LogP contribution in [0, 0.1) is 13.8 Å². The van der Waals surface area contributed by atoms with Gasteiger partial charge in [-0.3, -0.25) is 19.8 Å². The van der Waals surface area contributed by atoms with E-state index < -0.39 is 17.9 Å². The summed E-state index contributed by atoms with van der Waals surface area (Å²) in [7, 11) is 1.51. The van der Waals surface area contributed by atoms with Crippen LogP contribution in [0.1, 0.15) is 47.7 Å². The number of anilines is 1. The number of aryl methyl sites for hydroxylation is 2. The first kappa shape index (κ1) is 23.3. The van der Waals surface area contributed by atoms with Crippen molar-refractivity contribution in [3.8, 4) is 11.5 Å². The second-order valence-corrected chi connectivity index (χ2v) is 7.78. The topological polar surface area (TPSA) is 97.0 Å². The molecule has 1 atom stereocenters. The van der Waals surface area contributed by atoms with Crippen molar-refractivity contribution in [2.75, 3.05) is 18.6 Å². The third-order valence-corrected chi connectivity index (χ3v) is 5.29. The summed E-state index contributed by atoms with van der Waals surface area (Å²) in [6, 6.07) is 9.63. The zero-order valence-corrected chi connectivity index (χ0v) is 18.9. The Labute approximate surface area is 187 Å². The number of hydrogen-bond donors (Lipinski definition) is 2. The molecule has 0 bridgehead atoms. The van der Waals surface area contributed by atoms with Crippen molar-refractivity contribution >= 4 is 23.4 Å². The summed E-state index contributed by atoms with van der Waals surface area (Å²) in [6.45, 7) is 6.39. The molecule has 2 N–H and O–H groups in total. The van der Waals surface area contributed by atoms with Crippen LogP contribution >= 0.6 is 0 Å². The maximum Gasteiger partial charge on any atom is 0.265 e. The van der Waals surface area contributed by atoms with E-state index in [0.29, 0.717) is 29.4 Å². The molecule has 1 unspecified atom stereocenters. The lowest BCUT2D eigenvalue weighted by Crippen LogP contribution is -2.48. The summed E-state index contributed by atoms with van der Waals surface area (Å²) >= 11 is 0. The summed E-state index contributed by atoms with van der Waals surface area (Å²) in [6.07, 6.45) is 1.89. The summed E-state index contributed by atoms with van der Waals surface area (Å²) in [5.74, 6) is -0.158. The normalized spacial score (nSPS) is 15.8. The maximum absolute atomic E-state index is 12.9. The summed E-state index contributed by atoms with van der Waals surface area (Å²) in [4.78, 5) is 39.2. The lowest BCUT2D eigenvalue weighted by atomic mass is 10.1. The Morgan fingerprint density at radius 1 is 1.12 bits per heavy atom. The first-order valence-electron chi connectivity index (χ1n) is 10.7. The number of hydrogen-bond acceptors (Lipinski definition) is 6. The highest BCUT2D eigenvalue weighted by molar-refractivity contribution is 6.22. The van der Waals surface area contributed by atoms with Crippen molar-refractivity contribution in [1.82, 2.24) is 10.9 Å². The maximum atomic E-state index is 12.9. The molecule has 1 fully saturated rings. The molecule has 1 aliphatic heterocycles. The van der Waals surface area contributed by atoms with E-state index >= 15 is 0 Å². The average molecular weight is 440 g/mol. The molecular weight excluding hydrogens is 410 g/mol. The molecule has 0 aromatic heterocycles. The zero-order valence-electron chi connectivity index (χ0n) is 18.9. The monoisotopic (exact) mass is 439 g/mol. The predicted octanol–water partition coefficient (Wildman–Crippen LogP) is 3.06. The molecule has 170 valence electrons. The van der Waals surface area contributed by atoms with E-state index in [1.54, 1.807) is 18.2 Å². The SMILES string of the molecule is CCCCOc1ccc(C(=O)NNC2CC(=O)N(c3cc(C)ccc3C)C2=O)cc1OC. The quantitative estimate of drug-likeness (QED) is 0.354. The van der Waals surface area contributed by atoms with Crippen LogP contribution in [0.25, 0.3) is 0 Å². The van der Waals surface area contributed by atoms with Crippen LogP contribution in [0.2, 0.25) is 0 Å². The van der Waals surface area contributed by atoms with Crippen molar-refractivity contribution in [3.05, 3.63) is 53.1 Å². The third-order valence-electron chi connectivity index (χ3n) is 5.29. The van der Waals surface area contributed by atoms with E-state index in [4.69, 9.17) is 9.47 Å². The molecule has 1 saturated heterocycles. The van der Waals surface area contributed by atoms with Gasteiger partial charge in [0.25, 0.3) is 11.8 Å². The lowest BCUT2D eigenvalue weighted by Gasteiger charge is -2.18. The Bertz CT molecular complexity index is 1020. The second-order valence-electron chi connectivity index (χ2n) is 7.78. The number of rotatable bonds is 9. The van der Waals surface area contributed by atoms with Gasteiger partial charge in [-0.2, -0.15) is 0 Å². The molecular formula is C24H29N3O5. The highest BCUT2D eigenvalue weighted by Crippen LogP contribution is 2.29. The number of carbonyl (C=O) groups is 3. The minimum absolute atomic E-state index is 0.0416. The Kier molecular flexibility index (Phi) is 7.48. The molecule has 3 rings (SSSR count). The van der Waals surface area contributed by atoms with E-state index in [1.807, 2.05) is 32.0 Å². The van der Waals surface area contributed by atoms with Crippen molar-refractivity contribution < 1.29 is 23.9 Å². The molecule has 0 radical (unpaired) electrons. The molecule has 0 spiro atoms. The molecule has 0 aliphatic carbocycles. The van der Waals surface area contributed by atoms with E-state index in [2.05, 4.69) is 17.8 Å². The minimum Gasteiger partial charge on any atom is -0.493 e. The van der Waals surface area contributed by atoms with E-state index in [1.165, 1.54) is 12.0 Å². The number of benzene rings is 2. The number of ether oxygens (including phenoxy) is 2. The van der Waals surface area contributed by atoms with Crippen molar-refractivity contribution in [2.24, 2.45) is 0 Å². The number of nitrogens with one attached hydrogen (secondary N) is 2. The first-order valence-corrected chi connectivity index (χ1v) is 10.7. The van der Waals surface area contributed by atoms with Crippen molar-refractivity contribution in [2.45, 2.75) is 46.1 Å². The number of amides is 3. The van der Waals surface area contributed by atoms with Crippen LogP contribution in [0.15, 0.2) is 36.4 Å². The van der Waals surface area contributed by atoms with E-state index in [-0.39, 0.29) is 12.3 Å². The van der Waals surface area contributed by atoms with Gasteiger partial charge in [0, 0.05) is 5.56 Å². The van der Waals surface area contributed by atoms with Gasteiger partial charge < -0.3 is 9.47 Å². The molecule has 3 amide bonds. The first-order chi connectivity index (χ1) is 15.3. The summed E-state index contributed by atoms with van der Waals surface area (Å²) in [5, 5.41) is 0. The van der Waals surface area contributed by atoms with E-state index in [9.17, 15) is 14.4 Å². The largest absolute Gasteiger partial charge is 0.493 e. The van der Waals surface area contributed by atoms with Gasteiger partial charge in [-0.15, -0.1) is 0 Å². The number of carbonyl (C=O) groups excluding carboxylic acids is 3. The fourth-order valence-electron chi connectivity index (χ4n) is 3.44. The number of methoxy groups -OCH3 is 1. The number of imide groups is 1. The molecule has 1 heterocycles. The van der Waals surface area contributed by atoms with Crippen LogP contribution in [0.4, 0.5) is 5.69 Å². The number of unbranched alkanes of at least 4 members (excludes halogenated alkanes) is 1. The highest BCUT2D eigenvalue weighted by atomic mass is 16.5. The molecule has 0 saturated carbocycles. The van der Waals surface area contributed by atoms with Gasteiger partial charge in [0.05, 0.1) is 25.8 Å². The van der Waals surface area contributed by atoms with Crippen LogP contribution in [-0.4, -0.2) is 37.5 Å². The molecule has 2 aromatic rings. The van der Waals surface area contributed by atoms with Crippen LogP contribution in [0.5, 0.6) is 11.5 Å². The Balaban J connectivity index is 1.65. The number of nitrogens with zero attached hydrogens (tertiary/aromatic N) is 1. The average Bonchev–Trinajstić information content (AvgIpc) is 3.07. The molecule has 1 aliphatic rings. The van der Waals surface area contributed by atoms with Crippen molar-refractivity contribution in [3.63, 3.8) is 0 Å². The van der Waals surface area contributed by atoms with Gasteiger partial charge in [-0.25, -0.2) is 10.3 Å². The van der Waals surface area contributed by atoms with Gasteiger partial charge in [0.2, 0.25) is 5.91 Å². The fraction of sp³-hybridized carbons (Fsp3) is 0.375. The van der Waals surface area contributed by atoms with Crippen molar-refractivity contribution in [1.29, 1.82) is 0 Å². The standard InChI is InChI=1S/C24H29N3O5/c1-5-6-11-32-20-10-9-17(13-21(20)31-4)23(29)26-25-18-14-22(28)27(24(18)30)19-12-15(2)7-8-16(19)3/h7-10,12-13,18,25H,5-6,11,14H2,1-4H3,(H,26,29). The summed E-state index contributed by atoms with van der Waals surface area (Å²) < 4.78 is 11.0.